The molecule has 5 heteroatoms. The van der Waals surface area contributed by atoms with Crippen LogP contribution in [0.3, 0.4) is 0 Å². The topological polar surface area (TPSA) is 33.5 Å². The number of hydrogen-bond donors (Lipinski definition) is 0. The van der Waals surface area contributed by atoms with Gasteiger partial charge in [0.2, 0.25) is 5.91 Å². The van der Waals surface area contributed by atoms with Gasteiger partial charge in [0.05, 0.1) is 19.4 Å². The first-order valence-electron chi connectivity index (χ1n) is 7.78. The molecule has 3 aromatic rings. The largest absolute Gasteiger partial charge is 0.467 e. The minimum atomic E-state index is -0.262. The van der Waals surface area contributed by atoms with Crippen LogP contribution in [-0.4, -0.2) is 10.8 Å². The zero-order valence-corrected chi connectivity index (χ0v) is 14.0. The van der Waals surface area contributed by atoms with E-state index in [1.165, 1.54) is 12.1 Å². The molecule has 24 heavy (non-hydrogen) atoms. The first-order chi connectivity index (χ1) is 11.7. The number of thiophene rings is 1. The van der Waals surface area contributed by atoms with Gasteiger partial charge in [0.25, 0.3) is 0 Å². The Hall–Kier alpha value is -2.40. The molecule has 2 aromatic heterocycles. The summed E-state index contributed by atoms with van der Waals surface area (Å²) in [6.45, 7) is 1.02. The van der Waals surface area contributed by atoms with Crippen LogP contribution in [0.5, 0.6) is 0 Å². The van der Waals surface area contributed by atoms with E-state index in [-0.39, 0.29) is 11.7 Å². The molecule has 1 aromatic carbocycles. The number of halogens is 1. The Morgan fingerprint density at radius 1 is 1.08 bits per heavy atom. The van der Waals surface area contributed by atoms with Gasteiger partial charge in [0, 0.05) is 11.3 Å². The highest BCUT2D eigenvalue weighted by molar-refractivity contribution is 7.09. The number of nitrogens with zero attached hydrogens (tertiary/aromatic N) is 1. The molecule has 3 nitrogen and oxygen atoms in total. The van der Waals surface area contributed by atoms with E-state index in [0.717, 1.165) is 16.2 Å². The summed E-state index contributed by atoms with van der Waals surface area (Å²) in [5, 5.41) is 2.00. The molecule has 0 aliphatic carbocycles. The SMILES string of the molecule is O=C(CCc1ccc(F)cc1)N(Cc1ccco1)Cc1cccs1. The molecule has 2 heterocycles. The van der Waals surface area contributed by atoms with Gasteiger partial charge in [-0.05, 0) is 47.7 Å². The quantitative estimate of drug-likeness (QED) is 0.626. The second-order valence-corrected chi connectivity index (χ2v) is 6.57. The van der Waals surface area contributed by atoms with Crippen LogP contribution in [-0.2, 0) is 24.3 Å². The van der Waals surface area contributed by atoms with Crippen molar-refractivity contribution in [3.8, 4) is 0 Å². The van der Waals surface area contributed by atoms with Gasteiger partial charge in [0.15, 0.2) is 0 Å². The van der Waals surface area contributed by atoms with Crippen molar-refractivity contribution in [2.24, 2.45) is 0 Å². The number of carbonyl (C=O) groups excluding carboxylic acids is 1. The van der Waals surface area contributed by atoms with Crippen molar-refractivity contribution in [3.63, 3.8) is 0 Å². The summed E-state index contributed by atoms with van der Waals surface area (Å²) in [4.78, 5) is 15.6. The number of aryl methyl sites for hydroxylation is 1. The van der Waals surface area contributed by atoms with Crippen molar-refractivity contribution in [2.45, 2.75) is 25.9 Å². The van der Waals surface area contributed by atoms with Crippen molar-refractivity contribution < 1.29 is 13.6 Å². The lowest BCUT2D eigenvalue weighted by Gasteiger charge is -2.21. The molecular weight excluding hydrogens is 325 g/mol. The van der Waals surface area contributed by atoms with E-state index in [4.69, 9.17) is 4.42 Å². The van der Waals surface area contributed by atoms with Crippen LogP contribution in [0, 0.1) is 5.82 Å². The van der Waals surface area contributed by atoms with Crippen molar-refractivity contribution in [1.29, 1.82) is 0 Å². The van der Waals surface area contributed by atoms with E-state index >= 15 is 0 Å². The normalized spacial score (nSPS) is 10.7. The van der Waals surface area contributed by atoms with E-state index in [1.807, 2.05) is 29.6 Å². The molecule has 0 fully saturated rings. The summed E-state index contributed by atoms with van der Waals surface area (Å²) < 4.78 is 18.3. The maximum absolute atomic E-state index is 13.0. The van der Waals surface area contributed by atoms with Gasteiger partial charge in [-0.1, -0.05) is 18.2 Å². The monoisotopic (exact) mass is 343 g/mol. The molecule has 1 amide bonds. The number of furan rings is 1. The Morgan fingerprint density at radius 3 is 2.58 bits per heavy atom. The summed E-state index contributed by atoms with van der Waals surface area (Å²) >= 11 is 1.63. The number of amides is 1. The molecular formula is C19H18FNO2S. The molecule has 3 rings (SSSR count). The fourth-order valence-corrected chi connectivity index (χ4v) is 3.19. The Bertz CT molecular complexity index is 715. The predicted molar refractivity (Wildman–Crippen MR) is 92.0 cm³/mol. The average Bonchev–Trinajstić information content (AvgIpc) is 3.27. The molecule has 0 N–H and O–H groups in total. The van der Waals surface area contributed by atoms with E-state index in [1.54, 1.807) is 34.6 Å². The van der Waals surface area contributed by atoms with Crippen LogP contribution in [0.15, 0.2) is 64.6 Å². The van der Waals surface area contributed by atoms with Crippen molar-refractivity contribution >= 4 is 17.2 Å². The third-order valence-corrected chi connectivity index (χ3v) is 4.61. The van der Waals surface area contributed by atoms with Gasteiger partial charge in [-0.15, -0.1) is 11.3 Å². The standard InChI is InChI=1S/C19H18FNO2S/c20-16-8-5-15(6-9-16)7-10-19(22)21(13-17-3-1-11-23-17)14-18-4-2-12-24-18/h1-6,8-9,11-12H,7,10,13-14H2. The average molecular weight is 343 g/mol. The van der Waals surface area contributed by atoms with Crippen LogP contribution in [0.1, 0.15) is 22.6 Å². The van der Waals surface area contributed by atoms with Crippen LogP contribution < -0.4 is 0 Å². The fourth-order valence-electron chi connectivity index (χ4n) is 2.47. The molecule has 0 radical (unpaired) electrons. The highest BCUT2D eigenvalue weighted by atomic mass is 32.1. The van der Waals surface area contributed by atoms with Crippen LogP contribution in [0.4, 0.5) is 4.39 Å². The number of carbonyl (C=O) groups is 1. The van der Waals surface area contributed by atoms with Gasteiger partial charge in [-0.2, -0.15) is 0 Å². The van der Waals surface area contributed by atoms with Crippen LogP contribution >= 0.6 is 11.3 Å². The number of rotatable bonds is 7. The van der Waals surface area contributed by atoms with E-state index < -0.39 is 0 Å². The lowest BCUT2D eigenvalue weighted by atomic mass is 10.1. The molecule has 124 valence electrons. The predicted octanol–water partition coefficient (Wildman–Crippen LogP) is 4.64. The zero-order chi connectivity index (χ0) is 16.8. The molecule has 0 aliphatic heterocycles. The molecule has 0 saturated carbocycles. The van der Waals surface area contributed by atoms with E-state index in [2.05, 4.69) is 0 Å². The minimum absolute atomic E-state index is 0.0594. The van der Waals surface area contributed by atoms with Crippen LogP contribution in [0.25, 0.3) is 0 Å². The molecule has 0 saturated heterocycles. The Labute approximate surface area is 144 Å². The van der Waals surface area contributed by atoms with Gasteiger partial charge in [0.1, 0.15) is 11.6 Å². The van der Waals surface area contributed by atoms with Gasteiger partial charge in [-0.25, -0.2) is 4.39 Å². The Balaban J connectivity index is 1.64. The van der Waals surface area contributed by atoms with Crippen molar-refractivity contribution in [2.75, 3.05) is 0 Å². The lowest BCUT2D eigenvalue weighted by molar-refractivity contribution is -0.132. The number of hydrogen-bond acceptors (Lipinski definition) is 3. The number of benzene rings is 1. The maximum atomic E-state index is 13.0. The summed E-state index contributed by atoms with van der Waals surface area (Å²) in [7, 11) is 0. The van der Waals surface area contributed by atoms with Gasteiger partial charge in [-0.3, -0.25) is 4.79 Å². The van der Waals surface area contributed by atoms with Crippen LogP contribution in [0.2, 0.25) is 0 Å². The third kappa shape index (κ3) is 4.55. The zero-order valence-electron chi connectivity index (χ0n) is 13.2. The maximum Gasteiger partial charge on any atom is 0.223 e. The van der Waals surface area contributed by atoms with E-state index in [9.17, 15) is 9.18 Å². The highest BCUT2D eigenvalue weighted by Crippen LogP contribution is 2.17. The highest BCUT2D eigenvalue weighted by Gasteiger charge is 2.16. The second-order valence-electron chi connectivity index (χ2n) is 5.53. The molecule has 0 unspecified atom stereocenters. The molecule has 0 spiro atoms. The van der Waals surface area contributed by atoms with E-state index in [0.29, 0.717) is 25.9 Å². The van der Waals surface area contributed by atoms with Gasteiger partial charge < -0.3 is 9.32 Å². The Kier molecular flexibility index (Phi) is 5.43. The molecule has 0 atom stereocenters. The van der Waals surface area contributed by atoms with Crippen molar-refractivity contribution in [1.82, 2.24) is 4.90 Å². The first-order valence-corrected chi connectivity index (χ1v) is 8.65. The summed E-state index contributed by atoms with van der Waals surface area (Å²) in [5.41, 5.74) is 0.957. The second kappa shape index (κ2) is 7.93. The molecule has 0 bridgehead atoms. The fraction of sp³-hybridized carbons (Fsp3) is 0.211. The molecule has 0 aliphatic rings. The summed E-state index contributed by atoms with van der Waals surface area (Å²) in [6, 6.07) is 14.0. The smallest absolute Gasteiger partial charge is 0.223 e. The minimum Gasteiger partial charge on any atom is -0.467 e. The summed E-state index contributed by atoms with van der Waals surface area (Å²) in [6.07, 6.45) is 2.59. The third-order valence-electron chi connectivity index (χ3n) is 3.75. The Morgan fingerprint density at radius 2 is 1.92 bits per heavy atom. The van der Waals surface area contributed by atoms with Crippen molar-refractivity contribution in [3.05, 3.63) is 82.2 Å². The summed E-state index contributed by atoms with van der Waals surface area (Å²) in [5.74, 6) is 0.563. The van der Waals surface area contributed by atoms with Gasteiger partial charge >= 0.3 is 0 Å². The lowest BCUT2D eigenvalue weighted by Crippen LogP contribution is -2.29. The first kappa shape index (κ1) is 16.5.